The van der Waals surface area contributed by atoms with Crippen LogP contribution in [0.15, 0.2) is 52.3 Å². The summed E-state index contributed by atoms with van der Waals surface area (Å²) < 4.78 is 7.90. The van der Waals surface area contributed by atoms with Gasteiger partial charge in [0.1, 0.15) is 5.75 Å². The van der Waals surface area contributed by atoms with E-state index in [-0.39, 0.29) is 6.04 Å². The normalized spacial score (nSPS) is 12.5. The van der Waals surface area contributed by atoms with Gasteiger partial charge < -0.3 is 10.1 Å². The fourth-order valence-electron chi connectivity index (χ4n) is 2.65. The van der Waals surface area contributed by atoms with Gasteiger partial charge in [0, 0.05) is 14.7 Å². The largest absolute Gasteiger partial charge is 0.496 e. The van der Waals surface area contributed by atoms with E-state index >= 15 is 0 Å². The van der Waals surface area contributed by atoms with Crippen LogP contribution in [-0.4, -0.2) is 14.2 Å². The van der Waals surface area contributed by atoms with Crippen molar-refractivity contribution in [3.05, 3.63) is 63.4 Å². The van der Waals surface area contributed by atoms with Crippen molar-refractivity contribution >= 4 is 37.4 Å². The van der Waals surface area contributed by atoms with Crippen molar-refractivity contribution in [2.45, 2.75) is 6.04 Å². The Morgan fingerprint density at radius 2 is 2.00 bits per heavy atom. The summed E-state index contributed by atoms with van der Waals surface area (Å²) in [5, 5.41) is 6.85. The van der Waals surface area contributed by atoms with Crippen LogP contribution < -0.4 is 10.1 Å². The zero-order valence-electron chi connectivity index (χ0n) is 11.9. The summed E-state index contributed by atoms with van der Waals surface area (Å²) >= 11 is 5.28. The molecule has 0 aliphatic heterocycles. The lowest BCUT2D eigenvalue weighted by Crippen LogP contribution is -2.18. The molecule has 0 amide bonds. The maximum absolute atomic E-state index is 5.56. The molecule has 1 heterocycles. The lowest BCUT2D eigenvalue weighted by molar-refractivity contribution is 0.405. The Labute approximate surface area is 136 Å². The summed E-state index contributed by atoms with van der Waals surface area (Å²) in [6.07, 6.45) is 0. The Morgan fingerprint density at radius 1 is 1.14 bits per heavy atom. The van der Waals surface area contributed by atoms with E-state index in [1.54, 1.807) is 18.4 Å². The number of fused-ring (bicyclic) bond motifs is 1. The Bertz CT molecular complexity index is 768. The highest BCUT2D eigenvalue weighted by atomic mass is 79.9. The molecule has 0 aliphatic carbocycles. The minimum atomic E-state index is 0.107. The number of rotatable bonds is 4. The fourth-order valence-corrected chi connectivity index (χ4v) is 3.93. The van der Waals surface area contributed by atoms with Crippen molar-refractivity contribution in [1.29, 1.82) is 0 Å². The third kappa shape index (κ3) is 2.71. The van der Waals surface area contributed by atoms with Crippen LogP contribution in [0.4, 0.5) is 0 Å². The van der Waals surface area contributed by atoms with Gasteiger partial charge in [-0.25, -0.2) is 0 Å². The van der Waals surface area contributed by atoms with E-state index in [2.05, 4.69) is 63.0 Å². The molecule has 4 heteroatoms. The number of thiophene rings is 1. The van der Waals surface area contributed by atoms with Gasteiger partial charge in [0.25, 0.3) is 0 Å². The molecule has 1 aromatic heterocycles. The number of hydrogen-bond acceptors (Lipinski definition) is 3. The average Bonchev–Trinajstić information content (AvgIpc) is 2.98. The SMILES string of the molecule is CNC(c1ccc(Br)cc1OC)c1cccc2ccsc12. The summed E-state index contributed by atoms with van der Waals surface area (Å²) in [6, 6.07) is 14.9. The second-order valence-electron chi connectivity index (χ2n) is 4.79. The van der Waals surface area contributed by atoms with Crippen LogP contribution >= 0.6 is 27.3 Å². The Hall–Kier alpha value is -1.36. The van der Waals surface area contributed by atoms with Crippen molar-refractivity contribution in [2.75, 3.05) is 14.2 Å². The molecule has 0 aliphatic rings. The Balaban J connectivity index is 2.16. The summed E-state index contributed by atoms with van der Waals surface area (Å²) in [7, 11) is 3.70. The third-order valence-electron chi connectivity index (χ3n) is 3.62. The van der Waals surface area contributed by atoms with Crippen LogP contribution in [0.5, 0.6) is 5.75 Å². The van der Waals surface area contributed by atoms with Gasteiger partial charge >= 0.3 is 0 Å². The molecule has 0 saturated carbocycles. The van der Waals surface area contributed by atoms with Crippen LogP contribution in [0.3, 0.4) is 0 Å². The number of halogens is 1. The zero-order chi connectivity index (χ0) is 14.8. The first kappa shape index (κ1) is 14.6. The van der Waals surface area contributed by atoms with Gasteiger partial charge in [-0.1, -0.05) is 40.2 Å². The molecule has 1 unspecified atom stereocenters. The highest BCUT2D eigenvalue weighted by Gasteiger charge is 2.19. The number of hydrogen-bond donors (Lipinski definition) is 1. The van der Waals surface area contributed by atoms with E-state index in [1.165, 1.54) is 15.6 Å². The van der Waals surface area contributed by atoms with Crippen molar-refractivity contribution in [3.63, 3.8) is 0 Å². The molecule has 0 saturated heterocycles. The minimum Gasteiger partial charge on any atom is -0.496 e. The monoisotopic (exact) mass is 361 g/mol. The average molecular weight is 362 g/mol. The molecule has 3 aromatic rings. The van der Waals surface area contributed by atoms with Crippen LogP contribution in [0.2, 0.25) is 0 Å². The molecule has 2 aromatic carbocycles. The van der Waals surface area contributed by atoms with E-state index in [9.17, 15) is 0 Å². The Morgan fingerprint density at radius 3 is 2.76 bits per heavy atom. The first-order chi connectivity index (χ1) is 10.2. The molecule has 0 spiro atoms. The lowest BCUT2D eigenvalue weighted by atomic mass is 9.97. The molecule has 0 bridgehead atoms. The van der Waals surface area contributed by atoms with E-state index in [0.29, 0.717) is 0 Å². The van der Waals surface area contributed by atoms with Gasteiger partial charge in [0.15, 0.2) is 0 Å². The van der Waals surface area contributed by atoms with E-state index in [1.807, 2.05) is 13.1 Å². The van der Waals surface area contributed by atoms with Crippen LogP contribution in [-0.2, 0) is 0 Å². The molecular weight excluding hydrogens is 346 g/mol. The summed E-state index contributed by atoms with van der Waals surface area (Å²) in [5.41, 5.74) is 2.43. The summed E-state index contributed by atoms with van der Waals surface area (Å²) in [5.74, 6) is 0.886. The maximum Gasteiger partial charge on any atom is 0.125 e. The van der Waals surface area contributed by atoms with Crippen molar-refractivity contribution < 1.29 is 4.74 Å². The van der Waals surface area contributed by atoms with Crippen LogP contribution in [0.25, 0.3) is 10.1 Å². The predicted molar refractivity (Wildman–Crippen MR) is 93.4 cm³/mol. The molecule has 2 nitrogen and oxygen atoms in total. The zero-order valence-corrected chi connectivity index (χ0v) is 14.3. The van der Waals surface area contributed by atoms with E-state index in [0.717, 1.165) is 15.8 Å². The van der Waals surface area contributed by atoms with Crippen molar-refractivity contribution in [3.8, 4) is 5.75 Å². The van der Waals surface area contributed by atoms with Gasteiger partial charge in [0.05, 0.1) is 13.2 Å². The highest BCUT2D eigenvalue weighted by Crippen LogP contribution is 2.36. The van der Waals surface area contributed by atoms with Crippen molar-refractivity contribution in [1.82, 2.24) is 5.32 Å². The van der Waals surface area contributed by atoms with E-state index < -0.39 is 0 Å². The molecular formula is C17H16BrNOS. The van der Waals surface area contributed by atoms with Gasteiger partial charge in [-0.15, -0.1) is 11.3 Å². The second kappa shape index (κ2) is 6.18. The lowest BCUT2D eigenvalue weighted by Gasteiger charge is -2.21. The molecule has 0 fully saturated rings. The van der Waals surface area contributed by atoms with Gasteiger partial charge in [-0.3, -0.25) is 0 Å². The fraction of sp³-hybridized carbons (Fsp3) is 0.176. The first-order valence-corrected chi connectivity index (χ1v) is 8.38. The summed E-state index contributed by atoms with van der Waals surface area (Å²) in [4.78, 5) is 0. The summed E-state index contributed by atoms with van der Waals surface area (Å²) in [6.45, 7) is 0. The topological polar surface area (TPSA) is 21.3 Å². The molecule has 1 N–H and O–H groups in total. The van der Waals surface area contributed by atoms with Gasteiger partial charge in [-0.2, -0.15) is 0 Å². The molecule has 0 radical (unpaired) electrons. The second-order valence-corrected chi connectivity index (χ2v) is 6.63. The number of nitrogens with one attached hydrogen (secondary N) is 1. The predicted octanol–water partition coefficient (Wildman–Crippen LogP) is 4.98. The van der Waals surface area contributed by atoms with Crippen LogP contribution in [0.1, 0.15) is 17.2 Å². The van der Waals surface area contributed by atoms with Crippen molar-refractivity contribution in [2.24, 2.45) is 0 Å². The van der Waals surface area contributed by atoms with Crippen LogP contribution in [0, 0.1) is 0 Å². The smallest absolute Gasteiger partial charge is 0.125 e. The number of benzene rings is 2. The maximum atomic E-state index is 5.56. The number of methoxy groups -OCH3 is 1. The molecule has 3 rings (SSSR count). The van der Waals surface area contributed by atoms with Gasteiger partial charge in [0.2, 0.25) is 0 Å². The van der Waals surface area contributed by atoms with Gasteiger partial charge in [-0.05, 0) is 41.6 Å². The van der Waals surface area contributed by atoms with E-state index in [4.69, 9.17) is 4.74 Å². The Kier molecular flexibility index (Phi) is 4.29. The molecule has 108 valence electrons. The quantitative estimate of drug-likeness (QED) is 0.707. The third-order valence-corrected chi connectivity index (χ3v) is 5.09. The standard InChI is InChI=1S/C17H16BrNOS/c1-19-16(13-7-6-12(18)10-15(13)20-2)14-5-3-4-11-8-9-21-17(11)14/h3-10,16,19H,1-2H3. The first-order valence-electron chi connectivity index (χ1n) is 6.71. The molecule has 21 heavy (non-hydrogen) atoms. The highest BCUT2D eigenvalue weighted by molar-refractivity contribution is 9.10. The minimum absolute atomic E-state index is 0.107. The molecule has 1 atom stereocenters. The number of ether oxygens (including phenoxy) is 1.